The molecule has 0 atom stereocenters. The van der Waals surface area contributed by atoms with Gasteiger partial charge < -0.3 is 35.6 Å². The minimum atomic E-state index is -0.644. The van der Waals surface area contributed by atoms with E-state index < -0.39 is 11.9 Å². The van der Waals surface area contributed by atoms with Gasteiger partial charge in [-0.25, -0.2) is 9.78 Å². The number of rotatable bonds is 5. The number of benzene rings is 2. The maximum absolute atomic E-state index is 13.4. The van der Waals surface area contributed by atoms with E-state index in [0.717, 1.165) is 0 Å². The normalized spacial score (nSPS) is 14.2. The molecule has 14 heteroatoms. The fourth-order valence-corrected chi connectivity index (χ4v) is 4.91. The lowest BCUT2D eigenvalue weighted by atomic mass is 10.1. The highest BCUT2D eigenvalue weighted by atomic mass is 16.5. The molecule has 0 aliphatic carbocycles. The van der Waals surface area contributed by atoms with Gasteiger partial charge in [0.2, 0.25) is 11.9 Å². The van der Waals surface area contributed by atoms with Crippen LogP contribution in [0.25, 0.3) is 11.0 Å². The molecule has 0 saturated carbocycles. The number of fused-ring (bicyclic) bond motifs is 1. The number of ether oxygens (including phenoxy) is 3. The molecule has 0 bridgehead atoms. The molecule has 0 fully saturated rings. The first-order valence-electron chi connectivity index (χ1n) is 14.1. The summed E-state index contributed by atoms with van der Waals surface area (Å²) in [6.07, 6.45) is 4.21. The average Bonchev–Trinajstić information content (AvgIpc) is 3.55. The summed E-state index contributed by atoms with van der Waals surface area (Å²) in [6, 6.07) is 7.94. The predicted octanol–water partition coefficient (Wildman–Crippen LogP) is 3.11. The van der Waals surface area contributed by atoms with Crippen LogP contribution in [0.3, 0.4) is 0 Å². The zero-order valence-electron chi connectivity index (χ0n) is 24.7. The second kappa shape index (κ2) is 12.8. The van der Waals surface area contributed by atoms with Crippen LogP contribution >= 0.6 is 0 Å². The van der Waals surface area contributed by atoms with Crippen molar-refractivity contribution >= 4 is 46.1 Å². The van der Waals surface area contributed by atoms with Crippen molar-refractivity contribution in [2.75, 3.05) is 43.2 Å². The summed E-state index contributed by atoms with van der Waals surface area (Å²) in [5, 5.41) is 10.5. The van der Waals surface area contributed by atoms with Gasteiger partial charge >= 0.3 is 5.97 Å². The maximum atomic E-state index is 13.4. The minimum Gasteiger partial charge on any atom is -0.491 e. The van der Waals surface area contributed by atoms with Crippen molar-refractivity contribution < 1.29 is 28.6 Å². The van der Waals surface area contributed by atoms with Crippen LogP contribution in [0.5, 0.6) is 11.5 Å². The van der Waals surface area contributed by atoms with Gasteiger partial charge in [-0.2, -0.15) is 5.10 Å². The second-order valence-corrected chi connectivity index (χ2v) is 10.0. The number of nitrogens with zero attached hydrogens (tertiary/aromatic N) is 4. The first-order valence-corrected chi connectivity index (χ1v) is 14.1. The number of nitrogens with two attached hydrogens (primary N) is 2. The molecule has 2 aromatic carbocycles. The van der Waals surface area contributed by atoms with Gasteiger partial charge in [0.25, 0.3) is 5.91 Å². The van der Waals surface area contributed by atoms with Crippen LogP contribution in [-0.4, -0.2) is 64.0 Å². The van der Waals surface area contributed by atoms with Crippen molar-refractivity contribution in [2.45, 2.75) is 33.4 Å². The predicted molar refractivity (Wildman–Crippen MR) is 164 cm³/mol. The summed E-state index contributed by atoms with van der Waals surface area (Å²) in [5.74, 6) is -0.531. The molecule has 2 aromatic heterocycles. The fourth-order valence-electron chi connectivity index (χ4n) is 4.91. The first kappa shape index (κ1) is 29.9. The molecule has 0 radical (unpaired) electrons. The van der Waals surface area contributed by atoms with Gasteiger partial charge in [0, 0.05) is 31.6 Å². The number of anilines is 3. The number of esters is 1. The largest absolute Gasteiger partial charge is 0.491 e. The number of carbonyl (C=O) groups is 3. The summed E-state index contributed by atoms with van der Waals surface area (Å²) in [5.41, 5.74) is 15.3. The molecule has 3 heterocycles. The molecule has 230 valence electrons. The third-order valence-electron chi connectivity index (χ3n) is 6.96. The smallest absolute Gasteiger partial charge is 0.338 e. The van der Waals surface area contributed by atoms with Crippen molar-refractivity contribution in [3.63, 3.8) is 0 Å². The van der Waals surface area contributed by atoms with Crippen molar-refractivity contribution in [1.29, 1.82) is 0 Å². The van der Waals surface area contributed by atoms with Crippen LogP contribution in [0.2, 0.25) is 0 Å². The number of allylic oxidation sites excluding steroid dienone is 1. The third-order valence-corrected chi connectivity index (χ3v) is 6.96. The molecule has 4 aromatic rings. The van der Waals surface area contributed by atoms with E-state index in [1.807, 2.05) is 26.0 Å². The molecule has 1 aliphatic rings. The number of nitrogen functional groups attached to an aromatic ring is 1. The number of methoxy groups -OCH3 is 1. The number of primary amides is 1. The minimum absolute atomic E-state index is 0.211. The van der Waals surface area contributed by atoms with E-state index in [9.17, 15) is 14.4 Å². The van der Waals surface area contributed by atoms with E-state index in [4.69, 9.17) is 25.7 Å². The Balaban J connectivity index is 1.52. The Kier molecular flexibility index (Phi) is 8.69. The molecule has 44 heavy (non-hydrogen) atoms. The lowest BCUT2D eigenvalue weighted by molar-refractivity contribution is 0.0600. The summed E-state index contributed by atoms with van der Waals surface area (Å²) >= 11 is 0. The average molecular weight is 603 g/mol. The molecule has 5 rings (SSSR count). The molecular weight excluding hydrogens is 568 g/mol. The zero-order chi connectivity index (χ0) is 31.4. The summed E-state index contributed by atoms with van der Waals surface area (Å²) in [4.78, 5) is 42.3. The van der Waals surface area contributed by atoms with E-state index in [1.54, 1.807) is 33.5 Å². The monoisotopic (exact) mass is 602 g/mol. The number of aryl methyl sites for hydroxylation is 2. The first-order chi connectivity index (χ1) is 21.2. The van der Waals surface area contributed by atoms with Gasteiger partial charge in [0.05, 0.1) is 42.8 Å². The van der Waals surface area contributed by atoms with Crippen LogP contribution in [0.1, 0.15) is 50.2 Å². The van der Waals surface area contributed by atoms with E-state index in [0.29, 0.717) is 71.4 Å². The summed E-state index contributed by atoms with van der Waals surface area (Å²) in [6.45, 7) is 5.35. The van der Waals surface area contributed by atoms with Gasteiger partial charge in [0.15, 0.2) is 0 Å². The molecule has 1 aliphatic heterocycles. The van der Waals surface area contributed by atoms with Gasteiger partial charge in [-0.1, -0.05) is 12.2 Å². The van der Waals surface area contributed by atoms with E-state index in [2.05, 4.69) is 20.7 Å². The van der Waals surface area contributed by atoms with Crippen molar-refractivity contribution in [3.8, 4) is 11.5 Å². The van der Waals surface area contributed by atoms with Crippen LogP contribution in [0.15, 0.2) is 42.5 Å². The van der Waals surface area contributed by atoms with Crippen LogP contribution in [0, 0.1) is 6.92 Å². The quantitative estimate of drug-likeness (QED) is 0.150. The number of carbonyl (C=O) groups excluding carboxylic acids is 3. The maximum Gasteiger partial charge on any atom is 0.338 e. The van der Waals surface area contributed by atoms with Crippen LogP contribution in [-0.2, 0) is 17.8 Å². The van der Waals surface area contributed by atoms with Gasteiger partial charge in [0.1, 0.15) is 28.4 Å². The van der Waals surface area contributed by atoms with E-state index in [1.165, 1.54) is 13.2 Å². The van der Waals surface area contributed by atoms with Crippen molar-refractivity contribution in [3.05, 3.63) is 65.0 Å². The molecule has 0 unspecified atom stereocenters. The molecule has 14 nitrogen and oxygen atoms in total. The molecular formula is C30H34N8O6. The zero-order valence-corrected chi connectivity index (χ0v) is 24.7. The lowest BCUT2D eigenvalue weighted by Crippen LogP contribution is -2.20. The number of nitrogens with one attached hydrogen (secondary N) is 2. The van der Waals surface area contributed by atoms with Gasteiger partial charge in [-0.15, -0.1) is 0 Å². The highest BCUT2D eigenvalue weighted by molar-refractivity contribution is 6.04. The topological polar surface area (TPSA) is 191 Å². The Hall–Kier alpha value is -5.53. The Labute approximate surface area is 252 Å². The Morgan fingerprint density at radius 3 is 2.55 bits per heavy atom. The number of aromatic nitrogens is 4. The Bertz CT molecular complexity index is 1770. The third kappa shape index (κ3) is 6.14. The van der Waals surface area contributed by atoms with E-state index in [-0.39, 0.29) is 36.2 Å². The standard InChI is InChI=1S/C30H34N8O6/c1-4-38-22(12-17(2)36-38)28(40)35-30-34-21-14-18(27(32)39)15-24-26(21)37(30)9-6-5-8-33-25-20(31)13-19(29(41)42-3)16-23(25)43-10-7-11-44-24/h5-6,12-16,33H,4,7-11,31H2,1-3H3,(H2,32,39)(H,34,35,40)/b6-5+. The van der Waals surface area contributed by atoms with Crippen molar-refractivity contribution in [2.24, 2.45) is 5.73 Å². The fraction of sp³-hybridized carbons (Fsp3) is 0.300. The highest BCUT2D eigenvalue weighted by Crippen LogP contribution is 2.34. The number of imidazole rings is 1. The lowest BCUT2D eigenvalue weighted by Gasteiger charge is -2.16. The number of hydrogen-bond acceptors (Lipinski definition) is 10. The summed E-state index contributed by atoms with van der Waals surface area (Å²) < 4.78 is 20.4. The summed E-state index contributed by atoms with van der Waals surface area (Å²) in [7, 11) is 1.29. The molecule has 6 N–H and O–H groups in total. The molecule has 0 spiro atoms. The van der Waals surface area contributed by atoms with Crippen LogP contribution in [0.4, 0.5) is 17.3 Å². The SMILES string of the molecule is CCn1nc(C)cc1C(=O)Nc1nc2cc(C(N)=O)cc3c2n1C/C=C/CNc1c(N)cc(C(=O)OC)cc1OCCCO3. The number of hydrogen-bond donors (Lipinski definition) is 4. The van der Waals surface area contributed by atoms with Gasteiger partial charge in [-0.3, -0.25) is 19.6 Å². The van der Waals surface area contributed by atoms with Gasteiger partial charge in [-0.05, 0) is 44.2 Å². The Morgan fingerprint density at radius 2 is 1.82 bits per heavy atom. The number of amides is 2. The highest BCUT2D eigenvalue weighted by Gasteiger charge is 2.22. The molecule has 0 saturated heterocycles. The molecule has 2 amide bonds. The van der Waals surface area contributed by atoms with E-state index >= 15 is 0 Å². The second-order valence-electron chi connectivity index (χ2n) is 10.0. The Morgan fingerprint density at radius 1 is 1.07 bits per heavy atom. The van der Waals surface area contributed by atoms with Crippen LogP contribution < -0.4 is 31.6 Å². The van der Waals surface area contributed by atoms with Crippen molar-refractivity contribution in [1.82, 2.24) is 19.3 Å².